The van der Waals surface area contributed by atoms with E-state index in [1.165, 1.54) is 0 Å². The first-order valence-corrected chi connectivity index (χ1v) is 7.62. The molecule has 0 aromatic carbocycles. The van der Waals surface area contributed by atoms with Crippen LogP contribution >= 0.6 is 0 Å². The maximum absolute atomic E-state index is 12.9. The Morgan fingerprint density at radius 3 is 1.24 bits per heavy atom. The molecule has 0 aromatic rings. The molecule has 2 aliphatic rings. The molecule has 2 aliphatic carbocycles. The smallest absolute Gasteiger partial charge is 0.171 e. The van der Waals surface area contributed by atoms with Crippen LogP contribution in [0.25, 0.3) is 0 Å². The van der Waals surface area contributed by atoms with Crippen molar-refractivity contribution < 1.29 is 26.3 Å². The predicted octanol–water partition coefficient (Wildman–Crippen LogP) is 5.83. The van der Waals surface area contributed by atoms with Gasteiger partial charge in [0.25, 0.3) is 0 Å². The molecule has 0 radical (unpaired) electrons. The van der Waals surface area contributed by atoms with Crippen LogP contribution < -0.4 is 0 Å². The lowest BCUT2D eigenvalue weighted by atomic mass is 9.69. The molecule has 0 aliphatic heterocycles. The van der Waals surface area contributed by atoms with Crippen LogP contribution in [-0.4, -0.2) is 12.4 Å². The Bertz CT molecular complexity index is 326. The van der Waals surface area contributed by atoms with Crippen LogP contribution in [0.15, 0.2) is 0 Å². The van der Waals surface area contributed by atoms with Crippen molar-refractivity contribution in [1.82, 2.24) is 0 Å². The maximum Gasteiger partial charge on any atom is 0.391 e. The summed E-state index contributed by atoms with van der Waals surface area (Å²) >= 11 is 0. The van der Waals surface area contributed by atoms with Crippen molar-refractivity contribution in [2.24, 2.45) is 35.5 Å². The maximum atomic E-state index is 12.9. The highest BCUT2D eigenvalue weighted by Crippen LogP contribution is 2.52. The lowest BCUT2D eigenvalue weighted by Crippen LogP contribution is -2.40. The first kappa shape index (κ1) is 16.9. The third kappa shape index (κ3) is 3.86. The second-order valence-corrected chi connectivity index (χ2v) is 7.13. The summed E-state index contributed by atoms with van der Waals surface area (Å²) in [7, 11) is 0. The van der Waals surface area contributed by atoms with E-state index < -0.39 is 36.5 Å². The van der Waals surface area contributed by atoms with Crippen LogP contribution in [0.2, 0.25) is 0 Å². The van der Waals surface area contributed by atoms with E-state index in [1.54, 1.807) is 0 Å². The molecule has 2 fully saturated rings. The van der Waals surface area contributed by atoms with Crippen LogP contribution in [0.4, 0.5) is 26.3 Å². The highest BCUT2D eigenvalue weighted by Gasteiger charge is 2.53. The van der Waals surface area contributed by atoms with Crippen molar-refractivity contribution in [2.75, 3.05) is 0 Å². The summed E-state index contributed by atoms with van der Waals surface area (Å²) in [6.45, 7) is 4.08. The van der Waals surface area contributed by atoms with Gasteiger partial charge in [-0.3, -0.25) is 0 Å². The second-order valence-electron chi connectivity index (χ2n) is 7.13. The Labute approximate surface area is 121 Å². The number of hydrogen-bond acceptors (Lipinski definition) is 0. The molecule has 0 N–H and O–H groups in total. The number of alkyl halides is 6. The van der Waals surface area contributed by atoms with E-state index >= 15 is 0 Å². The second kappa shape index (κ2) is 5.65. The van der Waals surface area contributed by atoms with E-state index in [9.17, 15) is 26.3 Å². The van der Waals surface area contributed by atoms with Crippen LogP contribution in [-0.2, 0) is 0 Å². The van der Waals surface area contributed by atoms with Gasteiger partial charge in [0, 0.05) is 0 Å². The molecule has 124 valence electrons. The van der Waals surface area contributed by atoms with Crippen molar-refractivity contribution in [3.8, 4) is 0 Å². The monoisotopic (exact) mass is 316 g/mol. The first-order chi connectivity index (χ1) is 9.48. The molecule has 0 bridgehead atoms. The van der Waals surface area contributed by atoms with Crippen molar-refractivity contribution in [1.29, 1.82) is 0 Å². The fraction of sp³-hybridized carbons (Fsp3) is 1.00. The summed E-state index contributed by atoms with van der Waals surface area (Å²) in [5.74, 6) is -3.23. The summed E-state index contributed by atoms with van der Waals surface area (Å²) in [6.07, 6.45) is -8.54. The Balaban J connectivity index is 2.13. The lowest BCUT2D eigenvalue weighted by molar-refractivity contribution is -0.230. The van der Waals surface area contributed by atoms with Gasteiger partial charge >= 0.3 is 12.4 Å². The van der Waals surface area contributed by atoms with Gasteiger partial charge in [-0.05, 0) is 55.8 Å². The topological polar surface area (TPSA) is 0 Å². The summed E-state index contributed by atoms with van der Waals surface area (Å²) in [5, 5.41) is 0. The summed E-state index contributed by atoms with van der Waals surface area (Å²) in [5.41, 5.74) is 0. The molecule has 4 atom stereocenters. The molecule has 4 unspecified atom stereocenters. The fourth-order valence-electron chi connectivity index (χ4n) is 4.18. The Kier molecular flexibility index (Phi) is 4.56. The molecule has 0 amide bonds. The van der Waals surface area contributed by atoms with Crippen LogP contribution in [0.5, 0.6) is 0 Å². The minimum absolute atomic E-state index is 0.0185. The van der Waals surface area contributed by atoms with Crippen molar-refractivity contribution >= 4 is 0 Å². The SMILES string of the molecule is CC1CC(C2CC(C(F)(F)F)CC(C(F)(F)F)C2)CC1C. The van der Waals surface area contributed by atoms with E-state index in [1.807, 2.05) is 13.8 Å². The molecule has 2 rings (SSSR count). The van der Waals surface area contributed by atoms with Gasteiger partial charge < -0.3 is 0 Å². The summed E-state index contributed by atoms with van der Waals surface area (Å²) < 4.78 is 77.7. The number of rotatable bonds is 1. The van der Waals surface area contributed by atoms with Crippen molar-refractivity contribution in [3.63, 3.8) is 0 Å². The highest BCUT2D eigenvalue weighted by atomic mass is 19.4. The van der Waals surface area contributed by atoms with E-state index in [4.69, 9.17) is 0 Å². The molecule has 2 saturated carbocycles. The summed E-state index contributed by atoms with van der Waals surface area (Å²) in [4.78, 5) is 0. The van der Waals surface area contributed by atoms with Crippen LogP contribution in [0, 0.1) is 35.5 Å². The predicted molar refractivity (Wildman–Crippen MR) is 67.5 cm³/mol. The fourth-order valence-corrected chi connectivity index (χ4v) is 4.18. The third-order valence-electron chi connectivity index (χ3n) is 5.66. The van der Waals surface area contributed by atoms with Crippen LogP contribution in [0.1, 0.15) is 46.0 Å². The normalized spacial score (nSPS) is 42.3. The largest absolute Gasteiger partial charge is 0.391 e. The van der Waals surface area contributed by atoms with Gasteiger partial charge in [0.15, 0.2) is 0 Å². The van der Waals surface area contributed by atoms with Gasteiger partial charge in [0.1, 0.15) is 0 Å². The molecular weight excluding hydrogens is 294 g/mol. The Morgan fingerprint density at radius 1 is 0.571 bits per heavy atom. The van der Waals surface area contributed by atoms with Gasteiger partial charge in [0.2, 0.25) is 0 Å². The zero-order chi connectivity index (χ0) is 16.0. The molecule has 0 nitrogen and oxygen atoms in total. The van der Waals surface area contributed by atoms with Gasteiger partial charge in [-0.15, -0.1) is 0 Å². The quantitative estimate of drug-likeness (QED) is 0.534. The molecule has 0 aromatic heterocycles. The van der Waals surface area contributed by atoms with E-state index in [-0.39, 0.29) is 18.8 Å². The highest BCUT2D eigenvalue weighted by molar-refractivity contribution is 4.91. The molecule has 0 saturated heterocycles. The average molecular weight is 316 g/mol. The Morgan fingerprint density at radius 2 is 0.905 bits per heavy atom. The molecular formula is C15H22F6. The summed E-state index contributed by atoms with van der Waals surface area (Å²) in [6, 6.07) is 0. The zero-order valence-corrected chi connectivity index (χ0v) is 12.3. The minimum atomic E-state index is -4.52. The van der Waals surface area contributed by atoms with Gasteiger partial charge in [-0.25, -0.2) is 0 Å². The zero-order valence-electron chi connectivity index (χ0n) is 12.3. The van der Waals surface area contributed by atoms with E-state index in [2.05, 4.69) is 0 Å². The average Bonchev–Trinajstić information content (AvgIpc) is 2.67. The molecule has 21 heavy (non-hydrogen) atoms. The Hall–Kier alpha value is -0.420. The minimum Gasteiger partial charge on any atom is -0.171 e. The van der Waals surface area contributed by atoms with Gasteiger partial charge in [0.05, 0.1) is 11.8 Å². The molecule has 0 heterocycles. The van der Waals surface area contributed by atoms with Gasteiger partial charge in [-0.2, -0.15) is 26.3 Å². The molecule has 6 heteroatoms. The standard InChI is InChI=1S/C15H22F6/c1-8-3-10(4-9(8)2)11-5-12(14(16,17)18)7-13(6-11)15(19,20)21/h8-13H,3-7H2,1-2H3. The lowest BCUT2D eigenvalue weighted by Gasteiger charge is -2.39. The molecule has 0 spiro atoms. The third-order valence-corrected chi connectivity index (χ3v) is 5.66. The first-order valence-electron chi connectivity index (χ1n) is 7.62. The van der Waals surface area contributed by atoms with Gasteiger partial charge in [-0.1, -0.05) is 13.8 Å². The van der Waals surface area contributed by atoms with Crippen molar-refractivity contribution in [3.05, 3.63) is 0 Å². The van der Waals surface area contributed by atoms with Crippen molar-refractivity contribution in [2.45, 2.75) is 58.3 Å². The number of halogens is 6. The van der Waals surface area contributed by atoms with E-state index in [0.29, 0.717) is 11.8 Å². The van der Waals surface area contributed by atoms with E-state index in [0.717, 1.165) is 12.8 Å². The van der Waals surface area contributed by atoms with Crippen LogP contribution in [0.3, 0.4) is 0 Å². The number of hydrogen-bond donors (Lipinski definition) is 0.